The summed E-state index contributed by atoms with van der Waals surface area (Å²) >= 11 is 0. The highest BCUT2D eigenvalue weighted by molar-refractivity contribution is 5.97. The van der Waals surface area contributed by atoms with E-state index in [-0.39, 0.29) is 0 Å². The maximum atomic E-state index is 11.0. The van der Waals surface area contributed by atoms with E-state index in [0.717, 1.165) is 48.9 Å². The van der Waals surface area contributed by atoms with Crippen LogP contribution < -0.4 is 0 Å². The minimum Gasteiger partial charge on any atom is -0.382 e. The van der Waals surface area contributed by atoms with Crippen molar-refractivity contribution in [3.05, 3.63) is 36.0 Å². The quantitative estimate of drug-likeness (QED) is 0.565. The molecule has 0 saturated carbocycles. The Morgan fingerprint density at radius 2 is 2.18 bits per heavy atom. The second-order valence-corrected chi connectivity index (χ2v) is 3.96. The Kier molecular flexibility index (Phi) is 3.94. The van der Waals surface area contributed by atoms with Crippen LogP contribution in [0.4, 0.5) is 0 Å². The number of hydrogen-bond donors (Lipinski definition) is 0. The number of nitrogens with zero attached hydrogens (tertiary/aromatic N) is 1. The van der Waals surface area contributed by atoms with Crippen LogP contribution in [0.5, 0.6) is 0 Å². The Balaban J connectivity index is 2.19. The van der Waals surface area contributed by atoms with Gasteiger partial charge in [0, 0.05) is 42.4 Å². The Hall–Kier alpha value is -1.61. The highest BCUT2D eigenvalue weighted by Gasteiger charge is 2.06. The van der Waals surface area contributed by atoms with Gasteiger partial charge in [-0.05, 0) is 19.4 Å². The minimum atomic E-state index is 0.756. The molecule has 0 aliphatic rings. The molecule has 0 saturated heterocycles. The Morgan fingerprint density at radius 1 is 1.35 bits per heavy atom. The molecule has 0 bridgehead atoms. The molecule has 90 valence electrons. The van der Waals surface area contributed by atoms with E-state index in [1.807, 2.05) is 37.4 Å². The zero-order chi connectivity index (χ0) is 12.1. The van der Waals surface area contributed by atoms with E-state index in [2.05, 4.69) is 4.57 Å². The number of hydrogen-bond acceptors (Lipinski definition) is 2. The molecule has 1 heterocycles. The van der Waals surface area contributed by atoms with Crippen LogP contribution in [0.2, 0.25) is 0 Å². The number of aromatic nitrogens is 1. The topological polar surface area (TPSA) is 31.2 Å². The first-order valence-corrected chi connectivity index (χ1v) is 5.97. The van der Waals surface area contributed by atoms with Gasteiger partial charge in [0.25, 0.3) is 0 Å². The number of carbonyl (C=O) groups is 1. The summed E-state index contributed by atoms with van der Waals surface area (Å²) < 4.78 is 7.44. The molecule has 2 aromatic rings. The van der Waals surface area contributed by atoms with Crippen LogP contribution in [0.3, 0.4) is 0 Å². The van der Waals surface area contributed by atoms with E-state index >= 15 is 0 Å². The van der Waals surface area contributed by atoms with Crippen molar-refractivity contribution in [2.45, 2.75) is 19.9 Å². The number of carbonyl (C=O) groups excluding carboxylic acids is 1. The van der Waals surface area contributed by atoms with Crippen molar-refractivity contribution in [3.63, 3.8) is 0 Å². The van der Waals surface area contributed by atoms with Gasteiger partial charge in [0.05, 0.1) is 0 Å². The summed E-state index contributed by atoms with van der Waals surface area (Å²) in [6, 6.07) is 7.98. The lowest BCUT2D eigenvalue weighted by Gasteiger charge is -2.05. The molecule has 0 amide bonds. The lowest BCUT2D eigenvalue weighted by Crippen LogP contribution is -2.01. The van der Waals surface area contributed by atoms with Crippen molar-refractivity contribution in [1.29, 1.82) is 0 Å². The molecule has 0 aliphatic heterocycles. The highest BCUT2D eigenvalue weighted by atomic mass is 16.5. The summed E-state index contributed by atoms with van der Waals surface area (Å²) in [7, 11) is 0. The third kappa shape index (κ3) is 2.56. The zero-order valence-corrected chi connectivity index (χ0v) is 10.1. The third-order valence-corrected chi connectivity index (χ3v) is 2.84. The molecule has 0 fully saturated rings. The number of aldehydes is 1. The fourth-order valence-corrected chi connectivity index (χ4v) is 2.04. The third-order valence-electron chi connectivity index (χ3n) is 2.84. The Labute approximate surface area is 101 Å². The summed E-state index contributed by atoms with van der Waals surface area (Å²) in [6.07, 6.45) is 3.80. The van der Waals surface area contributed by atoms with Crippen LogP contribution in [-0.2, 0) is 11.3 Å². The van der Waals surface area contributed by atoms with E-state index in [1.54, 1.807) is 0 Å². The molecule has 0 aliphatic carbocycles. The molecule has 2 rings (SSSR count). The maximum Gasteiger partial charge on any atom is 0.152 e. The normalized spacial score (nSPS) is 10.9. The molecule has 0 atom stereocenters. The molecule has 0 spiro atoms. The summed E-state index contributed by atoms with van der Waals surface area (Å²) in [4.78, 5) is 11.0. The number of fused-ring (bicyclic) bond motifs is 1. The standard InChI is InChI=1S/C14H17NO2/c1-2-17-9-5-8-15-10-12(11-16)13-6-3-4-7-14(13)15/h3-4,6-7,10-11H,2,5,8-9H2,1H3. The van der Waals surface area contributed by atoms with Crippen molar-refractivity contribution >= 4 is 17.2 Å². The van der Waals surface area contributed by atoms with Gasteiger partial charge in [-0.2, -0.15) is 0 Å². The monoisotopic (exact) mass is 231 g/mol. The smallest absolute Gasteiger partial charge is 0.152 e. The second-order valence-electron chi connectivity index (χ2n) is 3.96. The first-order valence-electron chi connectivity index (χ1n) is 5.97. The molecule has 3 nitrogen and oxygen atoms in total. The van der Waals surface area contributed by atoms with E-state index in [0.29, 0.717) is 0 Å². The summed E-state index contributed by atoms with van der Waals surface area (Å²) in [5.41, 5.74) is 1.88. The molecular weight excluding hydrogens is 214 g/mol. The predicted molar refractivity (Wildman–Crippen MR) is 68.4 cm³/mol. The van der Waals surface area contributed by atoms with Crippen molar-refractivity contribution in [2.24, 2.45) is 0 Å². The van der Waals surface area contributed by atoms with Gasteiger partial charge in [-0.25, -0.2) is 0 Å². The lowest BCUT2D eigenvalue weighted by molar-refractivity contribution is 0.112. The predicted octanol–water partition coefficient (Wildman–Crippen LogP) is 2.88. The first kappa shape index (κ1) is 11.9. The average Bonchev–Trinajstić information content (AvgIpc) is 2.73. The van der Waals surface area contributed by atoms with E-state index in [9.17, 15) is 4.79 Å². The fraction of sp³-hybridized carbons (Fsp3) is 0.357. The summed E-state index contributed by atoms with van der Waals surface area (Å²) in [5.74, 6) is 0. The number of ether oxygens (including phenoxy) is 1. The van der Waals surface area contributed by atoms with E-state index in [1.165, 1.54) is 0 Å². The van der Waals surface area contributed by atoms with E-state index < -0.39 is 0 Å². The van der Waals surface area contributed by atoms with Crippen molar-refractivity contribution in [2.75, 3.05) is 13.2 Å². The lowest BCUT2D eigenvalue weighted by atomic mass is 10.2. The Bertz CT molecular complexity index is 502. The minimum absolute atomic E-state index is 0.756. The number of benzene rings is 1. The van der Waals surface area contributed by atoms with Crippen molar-refractivity contribution in [1.82, 2.24) is 4.57 Å². The Morgan fingerprint density at radius 3 is 2.94 bits per heavy atom. The van der Waals surface area contributed by atoms with Crippen molar-refractivity contribution < 1.29 is 9.53 Å². The van der Waals surface area contributed by atoms with E-state index in [4.69, 9.17) is 4.74 Å². The zero-order valence-electron chi connectivity index (χ0n) is 10.1. The average molecular weight is 231 g/mol. The van der Waals surface area contributed by atoms with Gasteiger partial charge >= 0.3 is 0 Å². The molecular formula is C14H17NO2. The molecule has 1 aromatic heterocycles. The van der Waals surface area contributed by atoms with Crippen LogP contribution in [-0.4, -0.2) is 24.1 Å². The van der Waals surface area contributed by atoms with Gasteiger partial charge < -0.3 is 9.30 Å². The number of aryl methyl sites for hydroxylation is 1. The van der Waals surface area contributed by atoms with Gasteiger partial charge in [-0.3, -0.25) is 4.79 Å². The number of rotatable bonds is 6. The van der Waals surface area contributed by atoms with Crippen LogP contribution in [0.25, 0.3) is 10.9 Å². The molecule has 0 unspecified atom stereocenters. The molecule has 0 N–H and O–H groups in total. The second kappa shape index (κ2) is 5.64. The van der Waals surface area contributed by atoms with Gasteiger partial charge in [0.1, 0.15) is 0 Å². The SMILES string of the molecule is CCOCCCn1cc(C=O)c2ccccc21. The van der Waals surface area contributed by atoms with Gasteiger partial charge in [-0.15, -0.1) is 0 Å². The van der Waals surface area contributed by atoms with Gasteiger partial charge in [-0.1, -0.05) is 18.2 Å². The maximum absolute atomic E-state index is 11.0. The van der Waals surface area contributed by atoms with Crippen LogP contribution in [0.1, 0.15) is 23.7 Å². The molecule has 3 heteroatoms. The molecule has 1 aromatic carbocycles. The van der Waals surface area contributed by atoms with Crippen LogP contribution in [0.15, 0.2) is 30.5 Å². The summed E-state index contributed by atoms with van der Waals surface area (Å²) in [5, 5.41) is 1.03. The van der Waals surface area contributed by atoms with Gasteiger partial charge in [0.2, 0.25) is 0 Å². The van der Waals surface area contributed by atoms with Crippen LogP contribution >= 0.6 is 0 Å². The van der Waals surface area contributed by atoms with Crippen LogP contribution in [0, 0.1) is 0 Å². The van der Waals surface area contributed by atoms with Gasteiger partial charge in [0.15, 0.2) is 6.29 Å². The fourth-order valence-electron chi connectivity index (χ4n) is 2.04. The molecule has 0 radical (unpaired) electrons. The summed E-state index contributed by atoms with van der Waals surface area (Å²) in [6.45, 7) is 4.40. The molecule has 17 heavy (non-hydrogen) atoms. The first-order chi connectivity index (χ1) is 8.36. The largest absolute Gasteiger partial charge is 0.382 e. The van der Waals surface area contributed by atoms with Crippen molar-refractivity contribution in [3.8, 4) is 0 Å². The number of para-hydroxylation sites is 1. The highest BCUT2D eigenvalue weighted by Crippen LogP contribution is 2.20.